The van der Waals surface area contributed by atoms with Gasteiger partial charge in [-0.1, -0.05) is 13.2 Å². The van der Waals surface area contributed by atoms with E-state index >= 15 is 0 Å². The zero-order chi connectivity index (χ0) is 15.6. The maximum atomic E-state index is 13.1. The van der Waals surface area contributed by atoms with Crippen LogP contribution in [0.2, 0.25) is 0 Å². The summed E-state index contributed by atoms with van der Waals surface area (Å²) in [5, 5.41) is 1.03. The van der Waals surface area contributed by atoms with Crippen molar-refractivity contribution in [3.63, 3.8) is 0 Å². The standard InChI is InChI=1S/C17H19FN2O/c1-11-12(2)20-16(13-6-8-14(18)9-7-13)15(19-11)10-21-17(3,4)5/h6-9H,1-2,10H2,3-5H3. The van der Waals surface area contributed by atoms with Gasteiger partial charge in [-0.25, -0.2) is 14.4 Å². The predicted octanol–water partition coefficient (Wildman–Crippen LogP) is 2.42. The van der Waals surface area contributed by atoms with Gasteiger partial charge in [0.05, 0.1) is 34.3 Å². The first kappa shape index (κ1) is 15.3. The van der Waals surface area contributed by atoms with Crippen LogP contribution in [0.15, 0.2) is 24.3 Å². The first-order chi connectivity index (χ1) is 9.76. The third-order valence-electron chi connectivity index (χ3n) is 2.88. The smallest absolute Gasteiger partial charge is 0.123 e. The van der Waals surface area contributed by atoms with Gasteiger partial charge in [0.2, 0.25) is 0 Å². The van der Waals surface area contributed by atoms with Crippen LogP contribution in [0, 0.1) is 5.82 Å². The minimum Gasteiger partial charge on any atom is -0.369 e. The quantitative estimate of drug-likeness (QED) is 0.869. The van der Waals surface area contributed by atoms with Crippen LogP contribution >= 0.6 is 0 Å². The third-order valence-corrected chi connectivity index (χ3v) is 2.88. The normalized spacial score (nSPS) is 11.6. The molecule has 2 rings (SSSR count). The summed E-state index contributed by atoms with van der Waals surface area (Å²) in [7, 11) is 0. The van der Waals surface area contributed by atoms with Crippen LogP contribution in [0.1, 0.15) is 26.5 Å². The number of halogens is 1. The van der Waals surface area contributed by atoms with Crippen molar-refractivity contribution >= 4 is 13.2 Å². The topological polar surface area (TPSA) is 35.0 Å². The van der Waals surface area contributed by atoms with Crippen molar-refractivity contribution in [2.24, 2.45) is 0 Å². The molecule has 0 aliphatic heterocycles. The fourth-order valence-corrected chi connectivity index (χ4v) is 1.77. The van der Waals surface area contributed by atoms with Crippen molar-refractivity contribution < 1.29 is 9.13 Å². The molecule has 0 saturated carbocycles. The second-order valence-corrected chi connectivity index (χ2v) is 5.82. The second kappa shape index (κ2) is 5.74. The van der Waals surface area contributed by atoms with Gasteiger partial charge in [-0.2, -0.15) is 0 Å². The Balaban J connectivity index is 2.48. The lowest BCUT2D eigenvalue weighted by molar-refractivity contribution is -0.0164. The fraction of sp³-hybridized carbons (Fsp3) is 0.294. The average Bonchev–Trinajstić information content (AvgIpc) is 2.40. The Kier molecular flexibility index (Phi) is 4.19. The Morgan fingerprint density at radius 2 is 1.62 bits per heavy atom. The van der Waals surface area contributed by atoms with E-state index in [4.69, 9.17) is 4.74 Å². The Hall–Kier alpha value is -2.07. The van der Waals surface area contributed by atoms with E-state index in [1.54, 1.807) is 12.1 Å². The van der Waals surface area contributed by atoms with Gasteiger partial charge < -0.3 is 4.74 Å². The van der Waals surface area contributed by atoms with Gasteiger partial charge in [-0.15, -0.1) is 0 Å². The van der Waals surface area contributed by atoms with Crippen LogP contribution in [-0.4, -0.2) is 15.6 Å². The molecule has 110 valence electrons. The summed E-state index contributed by atoms with van der Waals surface area (Å²) in [4.78, 5) is 8.85. The lowest BCUT2D eigenvalue weighted by atomic mass is 10.1. The number of nitrogens with zero attached hydrogens (tertiary/aromatic N) is 2. The van der Waals surface area contributed by atoms with Crippen molar-refractivity contribution in [3.8, 4) is 11.3 Å². The van der Waals surface area contributed by atoms with E-state index in [2.05, 4.69) is 23.1 Å². The van der Waals surface area contributed by atoms with Gasteiger partial charge in [0.15, 0.2) is 0 Å². The van der Waals surface area contributed by atoms with Gasteiger partial charge in [-0.3, -0.25) is 0 Å². The summed E-state index contributed by atoms with van der Waals surface area (Å²) >= 11 is 0. The summed E-state index contributed by atoms with van der Waals surface area (Å²) in [6, 6.07) is 6.13. The van der Waals surface area contributed by atoms with Crippen LogP contribution in [0.3, 0.4) is 0 Å². The number of ether oxygens (including phenoxy) is 1. The van der Waals surface area contributed by atoms with Crippen molar-refractivity contribution in [3.05, 3.63) is 46.5 Å². The van der Waals surface area contributed by atoms with E-state index in [0.29, 0.717) is 28.7 Å². The second-order valence-electron chi connectivity index (χ2n) is 5.82. The van der Waals surface area contributed by atoms with Crippen molar-refractivity contribution in [2.45, 2.75) is 33.0 Å². The molecule has 0 bridgehead atoms. The molecule has 0 spiro atoms. The number of aromatic nitrogens is 2. The summed E-state index contributed by atoms with van der Waals surface area (Å²) in [6.45, 7) is 13.9. The van der Waals surface area contributed by atoms with Gasteiger partial charge in [0.25, 0.3) is 0 Å². The van der Waals surface area contributed by atoms with E-state index in [0.717, 1.165) is 5.56 Å². The predicted molar refractivity (Wildman–Crippen MR) is 82.3 cm³/mol. The summed E-state index contributed by atoms with van der Waals surface area (Å²) in [5.41, 5.74) is 1.82. The lowest BCUT2D eigenvalue weighted by Gasteiger charge is -2.20. The number of hydrogen-bond donors (Lipinski definition) is 0. The number of rotatable bonds is 3. The molecule has 0 aliphatic carbocycles. The molecule has 0 saturated heterocycles. The highest BCUT2D eigenvalue weighted by molar-refractivity contribution is 5.61. The van der Waals surface area contributed by atoms with Gasteiger partial charge in [0, 0.05) is 5.56 Å². The molecule has 1 aromatic heterocycles. The number of benzene rings is 1. The monoisotopic (exact) mass is 286 g/mol. The van der Waals surface area contributed by atoms with E-state index in [-0.39, 0.29) is 11.4 Å². The lowest BCUT2D eigenvalue weighted by Crippen LogP contribution is -2.31. The number of hydrogen-bond acceptors (Lipinski definition) is 3. The van der Waals surface area contributed by atoms with E-state index in [1.807, 2.05) is 20.8 Å². The fourth-order valence-electron chi connectivity index (χ4n) is 1.77. The molecule has 21 heavy (non-hydrogen) atoms. The van der Waals surface area contributed by atoms with Crippen LogP contribution in [-0.2, 0) is 11.3 Å². The van der Waals surface area contributed by atoms with Crippen LogP contribution in [0.4, 0.5) is 4.39 Å². The molecule has 0 atom stereocenters. The van der Waals surface area contributed by atoms with E-state index in [1.165, 1.54) is 12.1 Å². The Morgan fingerprint density at radius 3 is 2.19 bits per heavy atom. The van der Waals surface area contributed by atoms with E-state index in [9.17, 15) is 4.39 Å². The maximum absolute atomic E-state index is 13.1. The molecule has 0 unspecified atom stereocenters. The Bertz CT molecular complexity index is 733. The summed E-state index contributed by atoms with van der Waals surface area (Å²) in [6.07, 6.45) is 0. The van der Waals surface area contributed by atoms with Crippen LogP contribution in [0.25, 0.3) is 24.4 Å². The average molecular weight is 286 g/mol. The third kappa shape index (κ3) is 3.95. The zero-order valence-corrected chi connectivity index (χ0v) is 12.6. The Labute approximate surface area is 123 Å². The zero-order valence-electron chi connectivity index (χ0n) is 12.6. The SMILES string of the molecule is C=c1nc(COC(C)(C)C)c(-c2ccc(F)cc2)nc1=C. The molecule has 4 heteroatoms. The molecular formula is C17H19FN2O. The first-order valence-electron chi connectivity index (χ1n) is 6.71. The van der Waals surface area contributed by atoms with Crippen LogP contribution < -0.4 is 10.7 Å². The maximum Gasteiger partial charge on any atom is 0.123 e. The van der Waals surface area contributed by atoms with Crippen molar-refractivity contribution in [1.29, 1.82) is 0 Å². The highest BCUT2D eigenvalue weighted by atomic mass is 19.1. The highest BCUT2D eigenvalue weighted by Gasteiger charge is 2.15. The highest BCUT2D eigenvalue weighted by Crippen LogP contribution is 2.21. The molecule has 0 N–H and O–H groups in total. The summed E-state index contributed by atoms with van der Waals surface area (Å²) in [5.74, 6) is -0.289. The summed E-state index contributed by atoms with van der Waals surface area (Å²) < 4.78 is 18.8. The minimum absolute atomic E-state index is 0.286. The molecule has 0 radical (unpaired) electrons. The Morgan fingerprint density at radius 1 is 1.05 bits per heavy atom. The molecule has 0 aliphatic rings. The van der Waals surface area contributed by atoms with E-state index < -0.39 is 0 Å². The molecular weight excluding hydrogens is 267 g/mol. The van der Waals surface area contributed by atoms with Crippen molar-refractivity contribution in [2.75, 3.05) is 0 Å². The molecule has 0 amide bonds. The first-order valence-corrected chi connectivity index (χ1v) is 6.71. The molecule has 1 aromatic carbocycles. The van der Waals surface area contributed by atoms with Gasteiger partial charge >= 0.3 is 0 Å². The molecule has 0 fully saturated rings. The van der Waals surface area contributed by atoms with Crippen molar-refractivity contribution in [1.82, 2.24) is 9.97 Å². The van der Waals surface area contributed by atoms with Gasteiger partial charge in [-0.05, 0) is 45.0 Å². The van der Waals surface area contributed by atoms with Gasteiger partial charge in [0.1, 0.15) is 5.82 Å². The minimum atomic E-state index is -0.289. The van der Waals surface area contributed by atoms with Crippen LogP contribution in [0.5, 0.6) is 0 Å². The molecule has 1 heterocycles. The largest absolute Gasteiger partial charge is 0.369 e. The molecule has 2 aromatic rings. The molecule has 3 nitrogen and oxygen atoms in total.